The van der Waals surface area contributed by atoms with E-state index in [0.717, 1.165) is 29.1 Å². The van der Waals surface area contributed by atoms with E-state index < -0.39 is 11.7 Å². The van der Waals surface area contributed by atoms with E-state index >= 15 is 0 Å². The number of anilines is 1. The molecule has 23 heavy (non-hydrogen) atoms. The van der Waals surface area contributed by atoms with E-state index in [9.17, 15) is 13.2 Å². The molecule has 0 fully saturated rings. The highest BCUT2D eigenvalue weighted by molar-refractivity contribution is 5.89. The minimum atomic E-state index is -4.34. The minimum absolute atomic E-state index is 0.221. The molecule has 0 radical (unpaired) electrons. The molecule has 3 aromatic rings. The van der Waals surface area contributed by atoms with Crippen molar-refractivity contribution in [1.29, 1.82) is 0 Å². The first-order valence-corrected chi connectivity index (χ1v) is 7.25. The lowest BCUT2D eigenvalue weighted by atomic mass is 10.1. The number of hydrogen-bond acceptors (Lipinski definition) is 2. The third kappa shape index (κ3) is 3.16. The third-order valence-electron chi connectivity index (χ3n) is 3.50. The van der Waals surface area contributed by atoms with Crippen molar-refractivity contribution in [2.75, 3.05) is 5.32 Å². The van der Waals surface area contributed by atoms with Gasteiger partial charge >= 0.3 is 6.18 Å². The molecule has 3 rings (SSSR count). The molecular formula is C17H16F3N3. The Labute approximate surface area is 131 Å². The van der Waals surface area contributed by atoms with Crippen LogP contribution in [0.25, 0.3) is 22.2 Å². The zero-order chi connectivity index (χ0) is 16.6. The fraction of sp³-hybridized carbons (Fsp3) is 0.235. The lowest BCUT2D eigenvalue weighted by molar-refractivity contribution is -0.137. The van der Waals surface area contributed by atoms with Gasteiger partial charge in [-0.15, -0.1) is 0 Å². The molecule has 0 aliphatic rings. The monoisotopic (exact) mass is 319 g/mol. The van der Waals surface area contributed by atoms with E-state index in [1.807, 2.05) is 19.9 Å². The summed E-state index contributed by atoms with van der Waals surface area (Å²) >= 11 is 0. The highest BCUT2D eigenvalue weighted by atomic mass is 19.4. The maximum Gasteiger partial charge on any atom is 0.416 e. The SMILES string of the molecule is CC(C)Nc1cnccc1-c1cc2cc(C(F)(F)F)ccc2[nH]1. The van der Waals surface area contributed by atoms with Crippen LogP contribution in [0.4, 0.5) is 18.9 Å². The summed E-state index contributed by atoms with van der Waals surface area (Å²) in [4.78, 5) is 7.27. The number of benzene rings is 1. The number of H-pyrrole nitrogens is 1. The molecule has 0 saturated heterocycles. The number of hydrogen-bond donors (Lipinski definition) is 2. The van der Waals surface area contributed by atoms with Gasteiger partial charge in [0.2, 0.25) is 0 Å². The number of nitrogens with zero attached hydrogens (tertiary/aromatic N) is 1. The average molecular weight is 319 g/mol. The van der Waals surface area contributed by atoms with Crippen LogP contribution < -0.4 is 5.32 Å². The van der Waals surface area contributed by atoms with Gasteiger partial charge in [0, 0.05) is 34.4 Å². The van der Waals surface area contributed by atoms with E-state index in [2.05, 4.69) is 15.3 Å². The normalized spacial score (nSPS) is 12.1. The van der Waals surface area contributed by atoms with Gasteiger partial charge in [0.1, 0.15) is 0 Å². The molecule has 0 aliphatic heterocycles. The van der Waals surface area contributed by atoms with Crippen LogP contribution in [0.2, 0.25) is 0 Å². The molecule has 2 heterocycles. The summed E-state index contributed by atoms with van der Waals surface area (Å²) in [6.07, 6.45) is -0.970. The van der Waals surface area contributed by atoms with Crippen molar-refractivity contribution in [3.8, 4) is 11.3 Å². The first kappa shape index (κ1) is 15.4. The third-order valence-corrected chi connectivity index (χ3v) is 3.50. The number of fused-ring (bicyclic) bond motifs is 1. The zero-order valence-electron chi connectivity index (χ0n) is 12.7. The molecule has 2 aromatic heterocycles. The Bertz CT molecular complexity index is 834. The second kappa shape index (κ2) is 5.61. The number of rotatable bonds is 3. The van der Waals surface area contributed by atoms with Crippen molar-refractivity contribution >= 4 is 16.6 Å². The van der Waals surface area contributed by atoms with Gasteiger partial charge in [-0.2, -0.15) is 13.2 Å². The number of aromatic amines is 1. The maximum atomic E-state index is 12.8. The van der Waals surface area contributed by atoms with E-state index in [4.69, 9.17) is 0 Å². The van der Waals surface area contributed by atoms with E-state index in [1.54, 1.807) is 18.5 Å². The second-order valence-corrected chi connectivity index (χ2v) is 5.70. The van der Waals surface area contributed by atoms with Crippen LogP contribution in [-0.2, 0) is 6.18 Å². The Hall–Kier alpha value is -2.50. The summed E-state index contributed by atoms with van der Waals surface area (Å²) in [6, 6.07) is 7.48. The Morgan fingerprint density at radius 2 is 1.91 bits per heavy atom. The van der Waals surface area contributed by atoms with Crippen LogP contribution in [-0.4, -0.2) is 16.0 Å². The maximum absolute atomic E-state index is 12.8. The fourth-order valence-electron chi connectivity index (χ4n) is 2.51. The molecule has 2 N–H and O–H groups in total. The van der Waals surface area contributed by atoms with Crippen LogP contribution in [0, 0.1) is 0 Å². The number of halogens is 3. The lowest BCUT2D eigenvalue weighted by Crippen LogP contribution is -2.10. The smallest absolute Gasteiger partial charge is 0.381 e. The van der Waals surface area contributed by atoms with Crippen LogP contribution >= 0.6 is 0 Å². The summed E-state index contributed by atoms with van der Waals surface area (Å²) in [5.74, 6) is 0. The van der Waals surface area contributed by atoms with Crippen molar-refractivity contribution in [1.82, 2.24) is 9.97 Å². The molecule has 0 amide bonds. The molecule has 0 spiro atoms. The highest BCUT2D eigenvalue weighted by Crippen LogP contribution is 2.34. The molecule has 0 bridgehead atoms. The topological polar surface area (TPSA) is 40.7 Å². The van der Waals surface area contributed by atoms with Crippen LogP contribution in [0.5, 0.6) is 0 Å². The second-order valence-electron chi connectivity index (χ2n) is 5.70. The van der Waals surface area contributed by atoms with Gasteiger partial charge in [-0.25, -0.2) is 0 Å². The first-order valence-electron chi connectivity index (χ1n) is 7.25. The van der Waals surface area contributed by atoms with Gasteiger partial charge < -0.3 is 10.3 Å². The quantitative estimate of drug-likeness (QED) is 0.707. The van der Waals surface area contributed by atoms with Crippen molar-refractivity contribution in [3.63, 3.8) is 0 Å². The van der Waals surface area contributed by atoms with Crippen LogP contribution in [0.1, 0.15) is 19.4 Å². The predicted molar refractivity (Wildman–Crippen MR) is 85.3 cm³/mol. The summed E-state index contributed by atoms with van der Waals surface area (Å²) in [6.45, 7) is 4.02. The number of aromatic nitrogens is 2. The molecule has 3 nitrogen and oxygen atoms in total. The summed E-state index contributed by atoms with van der Waals surface area (Å²) in [5, 5.41) is 3.82. The molecular weight excluding hydrogens is 303 g/mol. The van der Waals surface area contributed by atoms with Gasteiger partial charge in [-0.1, -0.05) is 0 Å². The Morgan fingerprint density at radius 1 is 1.13 bits per heavy atom. The summed E-state index contributed by atoms with van der Waals surface area (Å²) in [7, 11) is 0. The molecule has 0 atom stereocenters. The number of alkyl halides is 3. The Morgan fingerprint density at radius 3 is 2.61 bits per heavy atom. The van der Waals surface area contributed by atoms with Gasteiger partial charge in [-0.3, -0.25) is 4.98 Å². The molecule has 1 aromatic carbocycles. The first-order chi connectivity index (χ1) is 10.8. The van der Waals surface area contributed by atoms with Crippen molar-refractivity contribution in [2.24, 2.45) is 0 Å². The summed E-state index contributed by atoms with van der Waals surface area (Å²) < 4.78 is 38.5. The number of nitrogens with one attached hydrogen (secondary N) is 2. The van der Waals surface area contributed by atoms with E-state index in [-0.39, 0.29) is 6.04 Å². The molecule has 0 unspecified atom stereocenters. The molecule has 120 valence electrons. The summed E-state index contributed by atoms with van der Waals surface area (Å²) in [5.41, 5.74) is 2.49. The van der Waals surface area contributed by atoms with Gasteiger partial charge in [-0.05, 0) is 44.2 Å². The van der Waals surface area contributed by atoms with Gasteiger partial charge in [0.05, 0.1) is 17.4 Å². The average Bonchev–Trinajstić information content (AvgIpc) is 2.89. The lowest BCUT2D eigenvalue weighted by Gasteiger charge is -2.13. The van der Waals surface area contributed by atoms with E-state index in [0.29, 0.717) is 10.9 Å². The highest BCUT2D eigenvalue weighted by Gasteiger charge is 2.30. The predicted octanol–water partition coefficient (Wildman–Crippen LogP) is 5.07. The number of pyridine rings is 1. The van der Waals surface area contributed by atoms with Crippen LogP contribution in [0.15, 0.2) is 42.7 Å². The van der Waals surface area contributed by atoms with Gasteiger partial charge in [0.15, 0.2) is 0 Å². The van der Waals surface area contributed by atoms with Crippen molar-refractivity contribution in [3.05, 3.63) is 48.3 Å². The minimum Gasteiger partial charge on any atom is -0.381 e. The van der Waals surface area contributed by atoms with Gasteiger partial charge in [0.25, 0.3) is 0 Å². The fourth-order valence-corrected chi connectivity index (χ4v) is 2.51. The molecule has 0 aliphatic carbocycles. The van der Waals surface area contributed by atoms with Crippen LogP contribution in [0.3, 0.4) is 0 Å². The zero-order valence-corrected chi connectivity index (χ0v) is 12.7. The Balaban J connectivity index is 2.08. The van der Waals surface area contributed by atoms with Crippen molar-refractivity contribution < 1.29 is 13.2 Å². The standard InChI is InChI=1S/C17H16F3N3/c1-10(2)22-16-9-21-6-5-13(16)15-8-11-7-12(17(18,19)20)3-4-14(11)23-15/h3-10,22-23H,1-2H3. The van der Waals surface area contributed by atoms with E-state index in [1.165, 1.54) is 6.07 Å². The largest absolute Gasteiger partial charge is 0.416 e. The Kier molecular flexibility index (Phi) is 3.75. The van der Waals surface area contributed by atoms with Crippen molar-refractivity contribution in [2.45, 2.75) is 26.1 Å². The molecule has 0 saturated carbocycles. The molecule has 6 heteroatoms.